The van der Waals surface area contributed by atoms with Gasteiger partial charge in [0, 0.05) is 31.6 Å². The van der Waals surface area contributed by atoms with Gasteiger partial charge in [-0.25, -0.2) is 9.98 Å². The molecule has 1 aromatic rings. The smallest absolute Gasteiger partial charge is 0.252 e. The van der Waals surface area contributed by atoms with E-state index in [1.807, 2.05) is 12.1 Å². The number of benzene rings is 1. The molecule has 12 heteroatoms. The Morgan fingerprint density at radius 3 is 2.75 bits per heavy atom. The number of nitrogens with zero attached hydrogens (tertiary/aromatic N) is 4. The first kappa shape index (κ1) is 23.0. The molecule has 0 radical (unpaired) electrons. The molecular weight excluding hydrogens is 464 g/mol. The number of aryl methyl sites for hydroxylation is 1. The molecule has 5 aliphatic rings. The maximum absolute atomic E-state index is 13.4. The van der Waals surface area contributed by atoms with E-state index >= 15 is 0 Å². The molecule has 1 aromatic carbocycles. The second-order valence-corrected chi connectivity index (χ2v) is 10.4. The number of nitrogens with one attached hydrogen (secondary N) is 2. The molecule has 2 amide bonds. The first-order valence-electron chi connectivity index (χ1n) is 12.6. The lowest BCUT2D eigenvalue weighted by molar-refractivity contribution is -0.230. The average Bonchev–Trinajstić information content (AvgIpc) is 3.49. The van der Waals surface area contributed by atoms with E-state index in [-0.39, 0.29) is 36.8 Å². The number of fused-ring (bicyclic) bond motifs is 1. The molecule has 0 aromatic heterocycles. The lowest BCUT2D eigenvalue weighted by atomic mass is 9.84. The fraction of sp³-hybridized carbons (Fsp3) is 0.583. The minimum Gasteiger partial charge on any atom is -0.370 e. The van der Waals surface area contributed by atoms with Crippen molar-refractivity contribution in [3.05, 3.63) is 34.9 Å². The third kappa shape index (κ3) is 3.20. The largest absolute Gasteiger partial charge is 0.370 e. The third-order valence-corrected chi connectivity index (χ3v) is 8.33. The highest BCUT2D eigenvalue weighted by Crippen LogP contribution is 2.45. The molecule has 1 aliphatic carbocycles. The van der Waals surface area contributed by atoms with E-state index in [4.69, 9.17) is 11.5 Å². The zero-order chi connectivity index (χ0) is 25.2. The lowest BCUT2D eigenvalue weighted by Gasteiger charge is -2.49. The molecule has 6 rings (SSSR count). The van der Waals surface area contributed by atoms with Crippen molar-refractivity contribution in [1.82, 2.24) is 20.4 Å². The third-order valence-electron chi connectivity index (χ3n) is 8.33. The summed E-state index contributed by atoms with van der Waals surface area (Å²) in [4.78, 5) is 37.9. The summed E-state index contributed by atoms with van der Waals surface area (Å²) in [6.07, 6.45) is 5.07. The maximum atomic E-state index is 13.4. The van der Waals surface area contributed by atoms with E-state index in [0.717, 1.165) is 43.2 Å². The van der Waals surface area contributed by atoms with Gasteiger partial charge in [0.1, 0.15) is 12.1 Å². The van der Waals surface area contributed by atoms with Gasteiger partial charge >= 0.3 is 0 Å². The number of guanidine groups is 2. The van der Waals surface area contributed by atoms with Crippen LogP contribution in [0, 0.1) is 0 Å². The normalized spacial score (nSPS) is 32.3. The number of carbonyl (C=O) groups excluding carboxylic acids is 2. The molecule has 2 fully saturated rings. The molecule has 4 heterocycles. The number of likely N-dealkylation sites (tertiary alicyclic amines) is 1. The van der Waals surface area contributed by atoms with Crippen LogP contribution in [0.25, 0.3) is 0 Å². The second-order valence-electron chi connectivity index (χ2n) is 10.4. The molecular formula is C24H32N8O4. The van der Waals surface area contributed by atoms with Crippen LogP contribution in [-0.2, 0) is 17.6 Å². The van der Waals surface area contributed by atoms with Crippen molar-refractivity contribution in [2.75, 3.05) is 19.6 Å². The number of amides is 2. The Kier molecular flexibility index (Phi) is 5.16. The Hall–Kier alpha value is -3.38. The van der Waals surface area contributed by atoms with Gasteiger partial charge in [0.2, 0.25) is 11.7 Å². The fourth-order valence-electron chi connectivity index (χ4n) is 6.59. The molecule has 2 saturated heterocycles. The van der Waals surface area contributed by atoms with Gasteiger partial charge in [-0.15, -0.1) is 0 Å². The van der Waals surface area contributed by atoms with Crippen LogP contribution in [0.5, 0.6) is 0 Å². The quantitative estimate of drug-likeness (QED) is 0.258. The molecule has 1 spiro atoms. The first-order valence-corrected chi connectivity index (χ1v) is 12.6. The Balaban J connectivity index is 1.31. The first-order chi connectivity index (χ1) is 17.2. The van der Waals surface area contributed by atoms with E-state index < -0.39 is 29.6 Å². The number of carbonyl (C=O) groups is 2. The van der Waals surface area contributed by atoms with E-state index in [0.29, 0.717) is 18.5 Å². The second kappa shape index (κ2) is 8.07. The topological polar surface area (TPSA) is 182 Å². The monoisotopic (exact) mass is 496 g/mol. The molecule has 0 saturated carbocycles. The van der Waals surface area contributed by atoms with E-state index in [9.17, 15) is 19.8 Å². The summed E-state index contributed by atoms with van der Waals surface area (Å²) < 4.78 is 0. The number of nitrogens with two attached hydrogens (primary N) is 2. The van der Waals surface area contributed by atoms with Crippen LogP contribution in [0.15, 0.2) is 28.2 Å². The van der Waals surface area contributed by atoms with Gasteiger partial charge in [-0.1, -0.05) is 12.1 Å². The van der Waals surface area contributed by atoms with Crippen molar-refractivity contribution in [3.63, 3.8) is 0 Å². The summed E-state index contributed by atoms with van der Waals surface area (Å²) in [6.45, 7) is 0.830. The van der Waals surface area contributed by atoms with E-state index in [1.165, 1.54) is 4.90 Å². The molecule has 4 aliphatic heterocycles. The fourth-order valence-corrected chi connectivity index (χ4v) is 6.59. The average molecular weight is 497 g/mol. The van der Waals surface area contributed by atoms with Crippen LogP contribution in [-0.4, -0.2) is 93.0 Å². The van der Waals surface area contributed by atoms with Gasteiger partial charge in [0.25, 0.3) is 5.91 Å². The van der Waals surface area contributed by atoms with Gasteiger partial charge in [-0.05, 0) is 49.3 Å². The van der Waals surface area contributed by atoms with Crippen molar-refractivity contribution >= 4 is 23.7 Å². The van der Waals surface area contributed by atoms with Crippen LogP contribution < -0.4 is 22.1 Å². The Bertz CT molecular complexity index is 1180. The Morgan fingerprint density at radius 1 is 1.17 bits per heavy atom. The van der Waals surface area contributed by atoms with Crippen LogP contribution in [0.1, 0.15) is 47.2 Å². The highest BCUT2D eigenvalue weighted by Gasteiger charge is 2.73. The van der Waals surface area contributed by atoms with Crippen molar-refractivity contribution < 1.29 is 19.8 Å². The maximum Gasteiger partial charge on any atom is 0.252 e. The predicted molar refractivity (Wildman–Crippen MR) is 131 cm³/mol. The molecule has 0 bridgehead atoms. The van der Waals surface area contributed by atoms with Crippen LogP contribution in [0.4, 0.5) is 0 Å². The zero-order valence-corrected chi connectivity index (χ0v) is 20.0. The summed E-state index contributed by atoms with van der Waals surface area (Å²) in [6, 6.07) is 3.09. The minimum absolute atomic E-state index is 0.00916. The molecule has 12 nitrogen and oxygen atoms in total. The molecule has 2 unspecified atom stereocenters. The van der Waals surface area contributed by atoms with E-state index in [1.54, 1.807) is 11.0 Å². The SMILES string of the molecule is NC1=N[C@H]2C(CN3CCCC3=O)N=C(N)N3CC(NC(=O)c4cccc5c4CCCC5)C(O)(O)[C@]23N1. The Morgan fingerprint density at radius 2 is 1.97 bits per heavy atom. The summed E-state index contributed by atoms with van der Waals surface area (Å²) in [5.74, 6) is -2.77. The molecule has 36 heavy (non-hydrogen) atoms. The van der Waals surface area contributed by atoms with Crippen LogP contribution in [0.2, 0.25) is 0 Å². The van der Waals surface area contributed by atoms with Gasteiger partial charge < -0.3 is 42.1 Å². The van der Waals surface area contributed by atoms with Gasteiger partial charge in [-0.2, -0.15) is 0 Å². The number of rotatable bonds is 4. The van der Waals surface area contributed by atoms with Crippen molar-refractivity contribution in [1.29, 1.82) is 0 Å². The minimum atomic E-state index is -2.50. The number of aliphatic imine (C=N–C) groups is 2. The van der Waals surface area contributed by atoms with E-state index in [2.05, 4.69) is 20.6 Å². The number of hydrogen-bond acceptors (Lipinski definition) is 10. The molecule has 4 atom stereocenters. The van der Waals surface area contributed by atoms with Crippen molar-refractivity contribution in [3.8, 4) is 0 Å². The number of aliphatic hydroxyl groups is 2. The van der Waals surface area contributed by atoms with Crippen molar-refractivity contribution in [2.45, 2.75) is 68.1 Å². The standard InChI is InChI=1S/C24H32N8O4/c25-21-29-19-16(11-31-10-4-9-18(31)33)27-22(26)32-12-17(24(35,36)23(19,32)30-21)28-20(34)15-8-3-6-13-5-1-2-7-14(13)15/h3,6,8,16-17,19,35-36H,1-2,4-5,7,9-12H2,(H2,26,27)(H,28,34)(H3,25,29,30)/t16?,17?,19-,23-/m0/s1. The lowest BCUT2D eigenvalue weighted by Crippen LogP contribution is -2.78. The zero-order valence-electron chi connectivity index (χ0n) is 20.0. The van der Waals surface area contributed by atoms with Crippen molar-refractivity contribution in [2.24, 2.45) is 21.5 Å². The molecule has 8 N–H and O–H groups in total. The van der Waals surface area contributed by atoms with Gasteiger partial charge in [0.05, 0.1) is 6.04 Å². The van der Waals surface area contributed by atoms with Gasteiger partial charge in [-0.3, -0.25) is 9.59 Å². The summed E-state index contributed by atoms with van der Waals surface area (Å²) in [7, 11) is 0. The summed E-state index contributed by atoms with van der Waals surface area (Å²) in [5, 5.41) is 29.0. The molecule has 192 valence electrons. The van der Waals surface area contributed by atoms with Gasteiger partial charge in [0.15, 0.2) is 17.6 Å². The predicted octanol–water partition coefficient (Wildman–Crippen LogP) is -2.04. The summed E-state index contributed by atoms with van der Waals surface area (Å²) in [5.41, 5.74) is 13.5. The van der Waals surface area contributed by atoms with Crippen LogP contribution in [0.3, 0.4) is 0 Å². The number of hydrogen-bond donors (Lipinski definition) is 6. The summed E-state index contributed by atoms with van der Waals surface area (Å²) >= 11 is 0. The Labute approximate surface area is 208 Å². The van der Waals surface area contributed by atoms with Crippen LogP contribution >= 0.6 is 0 Å². The highest BCUT2D eigenvalue weighted by atomic mass is 16.5. The highest BCUT2D eigenvalue weighted by molar-refractivity contribution is 5.96.